The van der Waals surface area contributed by atoms with Crippen molar-refractivity contribution in [2.45, 2.75) is 84.3 Å². The van der Waals surface area contributed by atoms with E-state index in [1.807, 2.05) is 0 Å². The number of ketones is 1. The number of Topliss-reactive ketones (excluding diaryl/α,β-unsaturated/α-hetero) is 1. The Morgan fingerprint density at radius 2 is 1.84 bits per heavy atom. The maximum absolute atomic E-state index is 13.0. The minimum atomic E-state index is -0.523. The first-order valence-corrected chi connectivity index (χ1v) is 10.2. The molecule has 0 bridgehead atoms. The molecule has 0 saturated heterocycles. The third-order valence-corrected chi connectivity index (χ3v) is 8.66. The lowest BCUT2D eigenvalue weighted by atomic mass is 9.45. The Balaban J connectivity index is 1.60. The Morgan fingerprint density at radius 1 is 1.08 bits per heavy atom. The molecular weight excluding hydrogens is 316 g/mol. The molecule has 0 aliphatic heterocycles. The molecule has 25 heavy (non-hydrogen) atoms. The van der Waals surface area contributed by atoms with Crippen LogP contribution in [0.15, 0.2) is 0 Å². The summed E-state index contributed by atoms with van der Waals surface area (Å²) in [4.78, 5) is 24.4. The van der Waals surface area contributed by atoms with Crippen LogP contribution in [0.1, 0.15) is 72.1 Å². The van der Waals surface area contributed by atoms with Crippen LogP contribution in [-0.4, -0.2) is 29.1 Å². The Labute approximate surface area is 150 Å². The van der Waals surface area contributed by atoms with E-state index in [9.17, 15) is 14.7 Å². The number of carbonyl (C=O) groups is 2. The van der Waals surface area contributed by atoms with Gasteiger partial charge in [-0.3, -0.25) is 9.59 Å². The van der Waals surface area contributed by atoms with Gasteiger partial charge in [0.1, 0.15) is 0 Å². The van der Waals surface area contributed by atoms with E-state index in [0.717, 1.165) is 44.9 Å². The molecule has 0 amide bonds. The van der Waals surface area contributed by atoms with Crippen molar-refractivity contribution in [2.24, 2.45) is 34.5 Å². The largest absolute Gasteiger partial charge is 0.455 e. The van der Waals surface area contributed by atoms with Gasteiger partial charge in [-0.05, 0) is 80.5 Å². The number of rotatable bonds is 1. The smallest absolute Gasteiger partial charge is 0.303 e. The lowest BCUT2D eigenvalue weighted by molar-refractivity contribution is -0.154. The van der Waals surface area contributed by atoms with Crippen LogP contribution in [0.25, 0.3) is 0 Å². The standard InChI is InChI=1S/C21H32O4/c1-12(22)25-18-11-17-15-5-4-13-10-14(23)6-8-20(13,2)16(15)7-9-21(17,3)19(18)24/h13-18,23H,4-11H2,1-3H3/t13-,14-,15+,16-,17-,18-,20-,21-/m0/s1. The highest BCUT2D eigenvalue weighted by molar-refractivity contribution is 5.92. The van der Waals surface area contributed by atoms with Gasteiger partial charge in [0, 0.05) is 12.3 Å². The second-order valence-electron chi connectivity index (χ2n) is 9.74. The summed E-state index contributed by atoms with van der Waals surface area (Å²) in [6, 6.07) is 0. The summed E-state index contributed by atoms with van der Waals surface area (Å²) in [5.74, 6) is 2.03. The van der Waals surface area contributed by atoms with Gasteiger partial charge in [0.25, 0.3) is 0 Å². The first-order valence-electron chi connectivity index (χ1n) is 10.2. The molecule has 4 nitrogen and oxygen atoms in total. The monoisotopic (exact) mass is 348 g/mol. The molecule has 0 aromatic heterocycles. The topological polar surface area (TPSA) is 63.6 Å². The molecule has 0 unspecified atom stereocenters. The Kier molecular flexibility index (Phi) is 4.06. The van der Waals surface area contributed by atoms with Gasteiger partial charge >= 0.3 is 5.97 Å². The molecule has 0 spiro atoms. The number of fused-ring (bicyclic) bond motifs is 5. The second-order valence-corrected chi connectivity index (χ2v) is 9.74. The van der Waals surface area contributed by atoms with E-state index in [0.29, 0.717) is 29.1 Å². The van der Waals surface area contributed by atoms with E-state index < -0.39 is 6.10 Å². The van der Waals surface area contributed by atoms with Crippen LogP contribution in [0, 0.1) is 34.5 Å². The van der Waals surface area contributed by atoms with Crippen LogP contribution < -0.4 is 0 Å². The van der Waals surface area contributed by atoms with Crippen molar-refractivity contribution in [1.82, 2.24) is 0 Å². The quantitative estimate of drug-likeness (QED) is 0.737. The minimum absolute atomic E-state index is 0.120. The summed E-state index contributed by atoms with van der Waals surface area (Å²) >= 11 is 0. The zero-order valence-electron chi connectivity index (χ0n) is 15.8. The zero-order valence-corrected chi connectivity index (χ0v) is 15.8. The molecule has 0 heterocycles. The average molecular weight is 348 g/mol. The molecule has 4 aliphatic rings. The molecule has 140 valence electrons. The number of aliphatic hydroxyl groups is 1. The molecule has 4 fully saturated rings. The molecular formula is C21H32O4. The van der Waals surface area contributed by atoms with Gasteiger partial charge in [0.2, 0.25) is 0 Å². The van der Waals surface area contributed by atoms with Gasteiger partial charge in [0.05, 0.1) is 6.10 Å². The highest BCUT2D eigenvalue weighted by atomic mass is 16.5. The van der Waals surface area contributed by atoms with Crippen molar-refractivity contribution >= 4 is 11.8 Å². The molecule has 1 N–H and O–H groups in total. The van der Waals surface area contributed by atoms with Gasteiger partial charge in [-0.1, -0.05) is 13.8 Å². The zero-order chi connectivity index (χ0) is 18.0. The molecule has 4 aliphatic carbocycles. The van der Waals surface area contributed by atoms with Gasteiger partial charge < -0.3 is 9.84 Å². The van der Waals surface area contributed by atoms with Gasteiger partial charge in [-0.25, -0.2) is 0 Å². The third kappa shape index (κ3) is 2.50. The number of ether oxygens (including phenoxy) is 1. The van der Waals surface area contributed by atoms with E-state index in [4.69, 9.17) is 4.74 Å². The Morgan fingerprint density at radius 3 is 2.56 bits per heavy atom. The molecule has 4 saturated carbocycles. The minimum Gasteiger partial charge on any atom is -0.455 e. The van der Waals surface area contributed by atoms with Gasteiger partial charge in [-0.15, -0.1) is 0 Å². The van der Waals surface area contributed by atoms with Crippen molar-refractivity contribution in [1.29, 1.82) is 0 Å². The maximum atomic E-state index is 13.0. The molecule has 0 aromatic rings. The summed E-state index contributed by atoms with van der Waals surface area (Å²) in [5.41, 5.74) is 0.00467. The first kappa shape index (κ1) is 17.5. The van der Waals surface area contributed by atoms with Crippen LogP contribution in [-0.2, 0) is 14.3 Å². The molecule has 4 rings (SSSR count). The lowest BCUT2D eigenvalue weighted by Gasteiger charge is -2.59. The fraction of sp³-hybridized carbons (Fsp3) is 0.905. The van der Waals surface area contributed by atoms with Crippen LogP contribution in [0.2, 0.25) is 0 Å². The number of hydrogen-bond donors (Lipinski definition) is 1. The number of carbonyl (C=O) groups excluding carboxylic acids is 2. The summed E-state index contributed by atoms with van der Waals surface area (Å²) in [7, 11) is 0. The normalized spacial score (nSPS) is 52.1. The van der Waals surface area contributed by atoms with Crippen LogP contribution in [0.4, 0.5) is 0 Å². The highest BCUT2D eigenvalue weighted by Crippen LogP contribution is 2.65. The molecule has 8 atom stereocenters. The number of esters is 1. The summed E-state index contributed by atoms with van der Waals surface area (Å²) < 4.78 is 5.38. The van der Waals surface area contributed by atoms with Crippen molar-refractivity contribution < 1.29 is 19.4 Å². The van der Waals surface area contributed by atoms with Crippen molar-refractivity contribution in [3.63, 3.8) is 0 Å². The predicted molar refractivity (Wildman–Crippen MR) is 93.7 cm³/mol. The fourth-order valence-electron chi connectivity index (χ4n) is 7.30. The number of hydrogen-bond acceptors (Lipinski definition) is 4. The highest BCUT2D eigenvalue weighted by Gasteiger charge is 2.63. The SMILES string of the molecule is CC(=O)O[C@H]1C[C@H]2[C@@H]3CC[C@H]4C[C@@H](O)CC[C@]4(C)[C@H]3CC[C@]2(C)C1=O. The van der Waals surface area contributed by atoms with E-state index in [1.54, 1.807) is 0 Å². The van der Waals surface area contributed by atoms with Crippen molar-refractivity contribution in [2.75, 3.05) is 0 Å². The van der Waals surface area contributed by atoms with Crippen LogP contribution in [0.5, 0.6) is 0 Å². The summed E-state index contributed by atoms with van der Waals surface area (Å²) in [5, 5.41) is 10.1. The number of aliphatic hydroxyl groups excluding tert-OH is 1. The molecule has 4 heteroatoms. The van der Waals surface area contributed by atoms with Crippen LogP contribution in [0.3, 0.4) is 0 Å². The van der Waals surface area contributed by atoms with Crippen LogP contribution >= 0.6 is 0 Å². The summed E-state index contributed by atoms with van der Waals surface area (Å²) in [6.45, 7) is 5.97. The second kappa shape index (κ2) is 5.80. The van der Waals surface area contributed by atoms with Crippen molar-refractivity contribution in [3.8, 4) is 0 Å². The third-order valence-electron chi connectivity index (χ3n) is 8.66. The first-order chi connectivity index (χ1) is 11.8. The van der Waals surface area contributed by atoms with E-state index in [2.05, 4.69) is 13.8 Å². The summed E-state index contributed by atoms with van der Waals surface area (Å²) in [6.07, 6.45) is 7.45. The molecule has 0 aromatic carbocycles. The average Bonchev–Trinajstić information content (AvgIpc) is 2.79. The van der Waals surface area contributed by atoms with E-state index in [1.165, 1.54) is 13.3 Å². The molecule has 0 radical (unpaired) electrons. The maximum Gasteiger partial charge on any atom is 0.303 e. The van der Waals surface area contributed by atoms with E-state index >= 15 is 0 Å². The van der Waals surface area contributed by atoms with Crippen molar-refractivity contribution in [3.05, 3.63) is 0 Å². The lowest BCUT2D eigenvalue weighted by Crippen LogP contribution is -2.54. The Bertz CT molecular complexity index is 586. The predicted octanol–water partition coefficient (Wildman–Crippen LogP) is 3.50. The van der Waals surface area contributed by atoms with Gasteiger partial charge in [0.15, 0.2) is 11.9 Å². The van der Waals surface area contributed by atoms with Gasteiger partial charge in [-0.2, -0.15) is 0 Å². The fourth-order valence-corrected chi connectivity index (χ4v) is 7.30. The van der Waals surface area contributed by atoms with E-state index in [-0.39, 0.29) is 23.3 Å². The Hall–Kier alpha value is -0.900.